The number of hydrogen-bond acceptors (Lipinski definition) is 4. The van der Waals surface area contributed by atoms with Crippen LogP contribution >= 0.6 is 0 Å². The molecule has 0 aliphatic carbocycles. The maximum Gasteiger partial charge on any atom is 0.245 e. The lowest BCUT2D eigenvalue weighted by Crippen LogP contribution is -2.27. The van der Waals surface area contributed by atoms with E-state index in [0.29, 0.717) is 17.2 Å². The highest BCUT2D eigenvalue weighted by Crippen LogP contribution is 2.30. The average molecular weight is 286 g/mol. The zero-order valence-corrected chi connectivity index (χ0v) is 12.0. The van der Waals surface area contributed by atoms with Crippen LogP contribution < -0.4 is 20.5 Å². The molecular weight excluding hydrogens is 268 g/mol. The van der Waals surface area contributed by atoms with Gasteiger partial charge in [-0.1, -0.05) is 30.3 Å². The van der Waals surface area contributed by atoms with Crippen LogP contribution in [0.3, 0.4) is 0 Å². The van der Waals surface area contributed by atoms with Crippen molar-refractivity contribution >= 4 is 11.6 Å². The molecule has 2 aromatic carbocycles. The lowest BCUT2D eigenvalue weighted by Gasteiger charge is -2.14. The Morgan fingerprint density at radius 1 is 1.05 bits per heavy atom. The van der Waals surface area contributed by atoms with Gasteiger partial charge in [-0.25, -0.2) is 0 Å². The van der Waals surface area contributed by atoms with Crippen molar-refractivity contribution in [3.05, 3.63) is 54.1 Å². The number of hydrogen-bond donors (Lipinski definition) is 2. The first kappa shape index (κ1) is 14.9. The Kier molecular flexibility index (Phi) is 4.79. The number of amides is 1. The second-order valence-corrected chi connectivity index (χ2v) is 4.45. The second kappa shape index (κ2) is 6.76. The number of anilines is 1. The van der Waals surface area contributed by atoms with Crippen LogP contribution in [0.4, 0.5) is 5.69 Å². The quantitative estimate of drug-likeness (QED) is 0.884. The molecule has 0 aliphatic heterocycles. The number of ether oxygens (including phenoxy) is 2. The summed E-state index contributed by atoms with van der Waals surface area (Å²) in [4.78, 5) is 12.2. The van der Waals surface area contributed by atoms with E-state index in [1.54, 1.807) is 32.4 Å². The molecule has 2 aromatic rings. The fourth-order valence-electron chi connectivity index (χ4n) is 1.95. The standard InChI is InChI=1S/C16H18N2O3/c1-20-13-9-8-12(10-14(13)21-2)18-16(19)15(17)11-6-4-3-5-7-11/h3-10,15H,17H2,1-2H3,(H,18,19)/t15-/m1/s1. The maximum absolute atomic E-state index is 12.2. The molecule has 0 unspecified atom stereocenters. The molecule has 0 fully saturated rings. The van der Waals surface area contributed by atoms with Crippen LogP contribution in [0.15, 0.2) is 48.5 Å². The van der Waals surface area contributed by atoms with Gasteiger partial charge in [-0.3, -0.25) is 4.79 Å². The van der Waals surface area contributed by atoms with E-state index in [9.17, 15) is 4.79 Å². The van der Waals surface area contributed by atoms with Gasteiger partial charge in [0.2, 0.25) is 5.91 Å². The van der Waals surface area contributed by atoms with E-state index in [-0.39, 0.29) is 5.91 Å². The van der Waals surface area contributed by atoms with E-state index >= 15 is 0 Å². The van der Waals surface area contributed by atoms with Gasteiger partial charge in [-0.05, 0) is 17.7 Å². The number of nitrogens with two attached hydrogens (primary N) is 1. The molecule has 3 N–H and O–H groups in total. The Hall–Kier alpha value is -2.53. The number of carbonyl (C=O) groups excluding carboxylic acids is 1. The van der Waals surface area contributed by atoms with Crippen molar-refractivity contribution in [2.24, 2.45) is 5.73 Å². The summed E-state index contributed by atoms with van der Waals surface area (Å²) >= 11 is 0. The van der Waals surface area contributed by atoms with E-state index < -0.39 is 6.04 Å². The molecule has 0 saturated heterocycles. The van der Waals surface area contributed by atoms with Crippen LogP contribution in [-0.2, 0) is 4.79 Å². The van der Waals surface area contributed by atoms with Crippen LogP contribution in [-0.4, -0.2) is 20.1 Å². The summed E-state index contributed by atoms with van der Waals surface area (Å²) in [6, 6.07) is 13.6. The first-order valence-electron chi connectivity index (χ1n) is 6.49. The monoisotopic (exact) mass is 286 g/mol. The van der Waals surface area contributed by atoms with E-state index in [2.05, 4.69) is 5.32 Å². The Bertz CT molecular complexity index is 614. The summed E-state index contributed by atoms with van der Waals surface area (Å²) in [6.45, 7) is 0. The van der Waals surface area contributed by atoms with E-state index in [4.69, 9.17) is 15.2 Å². The zero-order chi connectivity index (χ0) is 15.2. The maximum atomic E-state index is 12.2. The van der Waals surface area contributed by atoms with Crippen molar-refractivity contribution < 1.29 is 14.3 Å². The molecule has 0 heterocycles. The first-order valence-corrected chi connectivity index (χ1v) is 6.49. The Morgan fingerprint density at radius 3 is 2.33 bits per heavy atom. The fraction of sp³-hybridized carbons (Fsp3) is 0.188. The molecule has 0 aliphatic rings. The summed E-state index contributed by atoms with van der Waals surface area (Å²) in [6.07, 6.45) is 0. The highest BCUT2D eigenvalue weighted by molar-refractivity contribution is 5.95. The van der Waals surface area contributed by atoms with E-state index in [1.165, 1.54) is 0 Å². The largest absolute Gasteiger partial charge is 0.493 e. The van der Waals surface area contributed by atoms with Crippen LogP contribution in [0.2, 0.25) is 0 Å². The Morgan fingerprint density at radius 2 is 1.71 bits per heavy atom. The third-order valence-corrected chi connectivity index (χ3v) is 3.09. The molecule has 0 spiro atoms. The summed E-state index contributed by atoms with van der Waals surface area (Å²) in [5, 5.41) is 2.77. The topological polar surface area (TPSA) is 73.6 Å². The number of benzene rings is 2. The molecular formula is C16H18N2O3. The average Bonchev–Trinajstić information content (AvgIpc) is 2.54. The third-order valence-electron chi connectivity index (χ3n) is 3.09. The summed E-state index contributed by atoms with van der Waals surface area (Å²) in [5.41, 5.74) is 7.31. The van der Waals surface area contributed by atoms with Gasteiger partial charge in [0.1, 0.15) is 6.04 Å². The highest BCUT2D eigenvalue weighted by atomic mass is 16.5. The number of nitrogens with one attached hydrogen (secondary N) is 1. The van der Waals surface area contributed by atoms with E-state index in [1.807, 2.05) is 30.3 Å². The lowest BCUT2D eigenvalue weighted by molar-refractivity contribution is -0.117. The van der Waals surface area contributed by atoms with Crippen LogP contribution in [0.5, 0.6) is 11.5 Å². The van der Waals surface area contributed by atoms with Crippen LogP contribution in [0.25, 0.3) is 0 Å². The zero-order valence-electron chi connectivity index (χ0n) is 12.0. The number of rotatable bonds is 5. The predicted molar refractivity (Wildman–Crippen MR) is 81.5 cm³/mol. The van der Waals surface area contributed by atoms with Gasteiger partial charge in [-0.2, -0.15) is 0 Å². The first-order chi connectivity index (χ1) is 10.2. The normalized spacial score (nSPS) is 11.6. The van der Waals surface area contributed by atoms with Crippen LogP contribution in [0, 0.1) is 0 Å². The highest BCUT2D eigenvalue weighted by Gasteiger charge is 2.16. The van der Waals surface area contributed by atoms with Crippen LogP contribution in [0.1, 0.15) is 11.6 Å². The van der Waals surface area contributed by atoms with Crippen molar-refractivity contribution in [3.63, 3.8) is 0 Å². The van der Waals surface area contributed by atoms with Crippen molar-refractivity contribution in [1.82, 2.24) is 0 Å². The molecule has 1 atom stereocenters. The number of methoxy groups -OCH3 is 2. The van der Waals surface area contributed by atoms with Crippen molar-refractivity contribution in [3.8, 4) is 11.5 Å². The van der Waals surface area contributed by atoms with Gasteiger partial charge in [0.15, 0.2) is 11.5 Å². The molecule has 0 aromatic heterocycles. The third kappa shape index (κ3) is 3.52. The SMILES string of the molecule is COc1ccc(NC(=O)[C@H](N)c2ccccc2)cc1OC. The summed E-state index contributed by atoms with van der Waals surface area (Å²) in [7, 11) is 3.10. The Labute approximate surface area is 123 Å². The van der Waals surface area contributed by atoms with Gasteiger partial charge < -0.3 is 20.5 Å². The van der Waals surface area contributed by atoms with Gasteiger partial charge in [0.05, 0.1) is 14.2 Å². The Balaban J connectivity index is 2.12. The van der Waals surface area contributed by atoms with Gasteiger partial charge in [-0.15, -0.1) is 0 Å². The molecule has 1 amide bonds. The van der Waals surface area contributed by atoms with Crippen molar-refractivity contribution in [1.29, 1.82) is 0 Å². The van der Waals surface area contributed by atoms with Gasteiger partial charge in [0.25, 0.3) is 0 Å². The minimum atomic E-state index is -0.723. The van der Waals surface area contributed by atoms with Gasteiger partial charge in [0, 0.05) is 11.8 Å². The fourth-order valence-corrected chi connectivity index (χ4v) is 1.95. The summed E-state index contributed by atoms with van der Waals surface area (Å²) in [5.74, 6) is 0.861. The van der Waals surface area contributed by atoms with E-state index in [0.717, 1.165) is 5.56 Å². The second-order valence-electron chi connectivity index (χ2n) is 4.45. The minimum absolute atomic E-state index is 0.284. The molecule has 21 heavy (non-hydrogen) atoms. The van der Waals surface area contributed by atoms with Gasteiger partial charge >= 0.3 is 0 Å². The smallest absolute Gasteiger partial charge is 0.245 e. The minimum Gasteiger partial charge on any atom is -0.493 e. The van der Waals surface area contributed by atoms with Crippen molar-refractivity contribution in [2.45, 2.75) is 6.04 Å². The molecule has 0 bridgehead atoms. The van der Waals surface area contributed by atoms with Crippen molar-refractivity contribution in [2.75, 3.05) is 19.5 Å². The predicted octanol–water partition coefficient (Wildman–Crippen LogP) is 2.34. The molecule has 0 saturated carbocycles. The molecule has 5 heteroatoms. The number of carbonyl (C=O) groups is 1. The molecule has 110 valence electrons. The molecule has 5 nitrogen and oxygen atoms in total. The summed E-state index contributed by atoms with van der Waals surface area (Å²) < 4.78 is 10.3. The molecule has 0 radical (unpaired) electrons. The lowest BCUT2D eigenvalue weighted by atomic mass is 10.1. The molecule has 2 rings (SSSR count).